The predicted octanol–water partition coefficient (Wildman–Crippen LogP) is 4.20. The van der Waals surface area contributed by atoms with Crippen molar-refractivity contribution in [2.24, 2.45) is 4.99 Å². The molecule has 1 aliphatic rings. The highest BCUT2D eigenvalue weighted by Crippen LogP contribution is 2.25. The third kappa shape index (κ3) is 9.02. The first kappa shape index (κ1) is 26.5. The molecule has 1 saturated heterocycles. The van der Waals surface area contributed by atoms with E-state index in [-0.39, 0.29) is 40.3 Å². The number of aliphatic imine (C=N–C) groups is 1. The van der Waals surface area contributed by atoms with Gasteiger partial charge in [-0.15, -0.1) is 24.0 Å². The summed E-state index contributed by atoms with van der Waals surface area (Å²) in [6.45, 7) is 12.9. The van der Waals surface area contributed by atoms with Crippen LogP contribution in [-0.2, 0) is 4.74 Å². The van der Waals surface area contributed by atoms with Crippen LogP contribution in [0.3, 0.4) is 0 Å². The Morgan fingerprint density at radius 2 is 1.86 bits per heavy atom. The third-order valence-corrected chi connectivity index (χ3v) is 6.62. The fourth-order valence-corrected chi connectivity index (χ4v) is 3.54. The van der Waals surface area contributed by atoms with Crippen molar-refractivity contribution >= 4 is 41.7 Å². The number of hydrogen-bond donors (Lipinski definition) is 3. The van der Waals surface area contributed by atoms with Crippen LogP contribution in [0.5, 0.6) is 0 Å². The molecule has 0 aromatic heterocycles. The summed E-state index contributed by atoms with van der Waals surface area (Å²) in [5, 5.41) is 10.9. The second-order valence-electron chi connectivity index (χ2n) is 8.18. The second kappa shape index (κ2) is 13.0. The maximum Gasteiger partial charge on any atom is 0.191 e. The molecule has 1 aromatic carbocycles. The van der Waals surface area contributed by atoms with Crippen molar-refractivity contribution in [1.82, 2.24) is 16.0 Å². The number of rotatable bonds is 9. The van der Waals surface area contributed by atoms with E-state index >= 15 is 0 Å². The molecule has 2 rings (SSSR count). The SMILES string of the molecule is CCNC(=NCC(C)(C)SC)NCC1(NC(C)c2ccccc2)CCOCC1.I. The van der Waals surface area contributed by atoms with Crippen LogP contribution in [0, 0.1) is 0 Å². The lowest BCUT2D eigenvalue weighted by Crippen LogP contribution is -2.58. The van der Waals surface area contributed by atoms with Crippen LogP contribution in [0.15, 0.2) is 35.3 Å². The molecule has 1 fully saturated rings. The van der Waals surface area contributed by atoms with Crippen LogP contribution in [-0.4, -0.2) is 55.3 Å². The van der Waals surface area contributed by atoms with Gasteiger partial charge in [0.1, 0.15) is 0 Å². The normalized spacial score (nSPS) is 17.9. The average Bonchev–Trinajstić information content (AvgIpc) is 2.71. The minimum Gasteiger partial charge on any atom is -0.381 e. The zero-order valence-corrected chi connectivity index (χ0v) is 21.7. The zero-order chi connectivity index (χ0) is 20.5. The van der Waals surface area contributed by atoms with Crippen molar-refractivity contribution in [2.75, 3.05) is 39.1 Å². The number of thioether (sulfide) groups is 1. The molecule has 1 heterocycles. The molecule has 0 radical (unpaired) electrons. The molecular formula is C22H39IN4OS. The molecule has 0 spiro atoms. The van der Waals surface area contributed by atoms with Gasteiger partial charge in [0.05, 0.1) is 6.54 Å². The molecule has 1 atom stereocenters. The molecule has 5 nitrogen and oxygen atoms in total. The van der Waals surface area contributed by atoms with E-state index in [0.717, 1.165) is 51.6 Å². The lowest BCUT2D eigenvalue weighted by molar-refractivity contribution is 0.0355. The number of nitrogens with zero attached hydrogens (tertiary/aromatic N) is 1. The van der Waals surface area contributed by atoms with Crippen LogP contribution in [0.25, 0.3) is 0 Å². The van der Waals surface area contributed by atoms with Crippen molar-refractivity contribution in [1.29, 1.82) is 0 Å². The van der Waals surface area contributed by atoms with E-state index in [1.165, 1.54) is 5.56 Å². The van der Waals surface area contributed by atoms with Crippen molar-refractivity contribution in [3.63, 3.8) is 0 Å². The van der Waals surface area contributed by atoms with Gasteiger partial charge in [-0.05, 0) is 52.4 Å². The van der Waals surface area contributed by atoms with Crippen molar-refractivity contribution in [2.45, 2.75) is 56.9 Å². The molecule has 1 unspecified atom stereocenters. The van der Waals surface area contributed by atoms with Gasteiger partial charge in [-0.2, -0.15) is 11.8 Å². The summed E-state index contributed by atoms with van der Waals surface area (Å²) < 4.78 is 5.79. The van der Waals surface area contributed by atoms with Crippen LogP contribution < -0.4 is 16.0 Å². The molecule has 1 aromatic rings. The summed E-state index contributed by atoms with van der Waals surface area (Å²) in [4.78, 5) is 4.82. The van der Waals surface area contributed by atoms with E-state index in [9.17, 15) is 0 Å². The molecule has 0 bridgehead atoms. The highest BCUT2D eigenvalue weighted by molar-refractivity contribution is 14.0. The average molecular weight is 535 g/mol. The predicted molar refractivity (Wildman–Crippen MR) is 138 cm³/mol. The summed E-state index contributed by atoms with van der Waals surface area (Å²) in [5.41, 5.74) is 1.31. The van der Waals surface area contributed by atoms with Crippen LogP contribution >= 0.6 is 35.7 Å². The van der Waals surface area contributed by atoms with Crippen LogP contribution in [0.2, 0.25) is 0 Å². The molecule has 0 aliphatic carbocycles. The largest absolute Gasteiger partial charge is 0.381 e. The van der Waals surface area contributed by atoms with Gasteiger partial charge < -0.3 is 20.7 Å². The van der Waals surface area contributed by atoms with E-state index in [1.54, 1.807) is 0 Å². The summed E-state index contributed by atoms with van der Waals surface area (Å²) in [5.74, 6) is 0.893. The molecule has 7 heteroatoms. The van der Waals surface area contributed by atoms with Gasteiger partial charge in [0.15, 0.2) is 5.96 Å². The summed E-state index contributed by atoms with van der Waals surface area (Å²) in [7, 11) is 0. The van der Waals surface area contributed by atoms with Gasteiger partial charge in [0.2, 0.25) is 0 Å². The fourth-order valence-electron chi connectivity index (χ4n) is 3.35. The van der Waals surface area contributed by atoms with Gasteiger partial charge in [0.25, 0.3) is 0 Å². The first-order valence-corrected chi connectivity index (χ1v) is 11.6. The molecule has 1 aliphatic heterocycles. The van der Waals surface area contributed by atoms with Gasteiger partial charge in [-0.1, -0.05) is 30.3 Å². The molecule has 3 N–H and O–H groups in total. The fraction of sp³-hybridized carbons (Fsp3) is 0.682. The summed E-state index contributed by atoms with van der Waals surface area (Å²) in [6.07, 6.45) is 4.13. The highest BCUT2D eigenvalue weighted by Gasteiger charge is 2.34. The van der Waals surface area contributed by atoms with E-state index in [4.69, 9.17) is 9.73 Å². The van der Waals surface area contributed by atoms with Gasteiger partial charge in [-0.3, -0.25) is 4.99 Å². The van der Waals surface area contributed by atoms with E-state index < -0.39 is 0 Å². The molecule has 29 heavy (non-hydrogen) atoms. The standard InChI is InChI=1S/C22H38N4OS.HI/c1-6-23-20(24-16-21(3,4)28-5)25-17-22(12-14-27-15-13-22)26-18(2)19-10-8-7-9-11-19;/h7-11,18,26H,6,12-17H2,1-5H3,(H2,23,24,25);1H. The Morgan fingerprint density at radius 1 is 1.21 bits per heavy atom. The molecular weight excluding hydrogens is 495 g/mol. The van der Waals surface area contributed by atoms with Gasteiger partial charge in [-0.25, -0.2) is 0 Å². The zero-order valence-electron chi connectivity index (χ0n) is 18.6. The second-order valence-corrected chi connectivity index (χ2v) is 9.70. The number of guanidine groups is 1. The highest BCUT2D eigenvalue weighted by atomic mass is 127. The minimum absolute atomic E-state index is 0. The molecule has 0 amide bonds. The van der Waals surface area contributed by atoms with Crippen molar-refractivity contribution < 1.29 is 4.74 Å². The first-order chi connectivity index (χ1) is 13.4. The third-order valence-electron chi connectivity index (χ3n) is 5.38. The Balaban J connectivity index is 0.00000420. The lowest BCUT2D eigenvalue weighted by atomic mass is 9.88. The number of hydrogen-bond acceptors (Lipinski definition) is 4. The Kier molecular flexibility index (Phi) is 11.9. The maximum absolute atomic E-state index is 5.66. The number of halogens is 1. The molecule has 166 valence electrons. The Labute approximate surface area is 198 Å². The number of nitrogens with one attached hydrogen (secondary N) is 3. The van der Waals surface area contributed by atoms with Crippen molar-refractivity contribution in [3.8, 4) is 0 Å². The summed E-state index contributed by atoms with van der Waals surface area (Å²) in [6, 6.07) is 10.9. The monoisotopic (exact) mass is 534 g/mol. The van der Waals surface area contributed by atoms with E-state index in [0.29, 0.717) is 0 Å². The molecule has 0 saturated carbocycles. The smallest absolute Gasteiger partial charge is 0.191 e. The Morgan fingerprint density at radius 3 is 2.45 bits per heavy atom. The number of benzene rings is 1. The summed E-state index contributed by atoms with van der Waals surface area (Å²) >= 11 is 1.85. The van der Waals surface area contributed by atoms with Gasteiger partial charge in [0, 0.05) is 42.6 Å². The maximum atomic E-state index is 5.66. The van der Waals surface area contributed by atoms with Gasteiger partial charge >= 0.3 is 0 Å². The topological polar surface area (TPSA) is 57.7 Å². The quantitative estimate of drug-likeness (QED) is 0.252. The lowest BCUT2D eigenvalue weighted by Gasteiger charge is -2.41. The van der Waals surface area contributed by atoms with Crippen LogP contribution in [0.4, 0.5) is 0 Å². The number of ether oxygens (including phenoxy) is 1. The Bertz CT molecular complexity index is 606. The Hall–Kier alpha value is -0.510. The van der Waals surface area contributed by atoms with E-state index in [1.807, 2.05) is 11.8 Å². The first-order valence-electron chi connectivity index (χ1n) is 10.4. The minimum atomic E-state index is -0.00127. The van der Waals surface area contributed by atoms with E-state index in [2.05, 4.69) is 80.2 Å². The van der Waals surface area contributed by atoms with Crippen LogP contribution in [0.1, 0.15) is 52.1 Å². The van der Waals surface area contributed by atoms with Crippen molar-refractivity contribution in [3.05, 3.63) is 35.9 Å².